The molecule has 0 heterocycles. The second-order valence-corrected chi connectivity index (χ2v) is 20.8. The summed E-state index contributed by atoms with van der Waals surface area (Å²) >= 11 is 0. The van der Waals surface area contributed by atoms with E-state index in [1.165, 1.54) is 231 Å². The normalized spacial score (nSPS) is 12.0. The third kappa shape index (κ3) is 53.2. The first-order valence-corrected chi connectivity index (χ1v) is 29.4. The molecule has 0 aliphatic rings. The van der Waals surface area contributed by atoms with E-state index in [1.54, 1.807) is 0 Å². The topological polar surface area (TPSA) is 78.9 Å². The van der Waals surface area contributed by atoms with E-state index in [0.29, 0.717) is 19.3 Å². The summed E-state index contributed by atoms with van der Waals surface area (Å²) < 4.78 is 16.9. The van der Waals surface area contributed by atoms with E-state index in [2.05, 4.69) is 27.7 Å². The third-order valence-corrected chi connectivity index (χ3v) is 13.5. The number of hydrogen-bond acceptors (Lipinski definition) is 6. The van der Waals surface area contributed by atoms with Gasteiger partial charge >= 0.3 is 17.9 Å². The number of hydrogen-bond donors (Lipinski definition) is 0. The van der Waals surface area contributed by atoms with Gasteiger partial charge in [0.15, 0.2) is 6.10 Å². The molecular weight excluding hydrogens is 805 g/mol. The van der Waals surface area contributed by atoms with Crippen LogP contribution in [0, 0.1) is 5.92 Å². The Labute approximate surface area is 406 Å². The summed E-state index contributed by atoms with van der Waals surface area (Å²) in [6.07, 6.45) is 58.2. The first-order valence-electron chi connectivity index (χ1n) is 29.4. The fraction of sp³-hybridized carbons (Fsp3) is 0.949. The van der Waals surface area contributed by atoms with Gasteiger partial charge in [-0.25, -0.2) is 0 Å². The van der Waals surface area contributed by atoms with Gasteiger partial charge in [0, 0.05) is 19.3 Å². The minimum absolute atomic E-state index is 0.0623. The molecule has 0 fully saturated rings. The summed E-state index contributed by atoms with van der Waals surface area (Å²) in [5, 5.41) is 0. The first kappa shape index (κ1) is 63.4. The first-order chi connectivity index (χ1) is 31.9. The lowest BCUT2D eigenvalue weighted by Crippen LogP contribution is -2.30. The fourth-order valence-corrected chi connectivity index (χ4v) is 9.10. The number of rotatable bonds is 54. The second-order valence-electron chi connectivity index (χ2n) is 20.8. The number of ether oxygens (including phenoxy) is 3. The molecule has 0 aliphatic carbocycles. The van der Waals surface area contributed by atoms with Crippen molar-refractivity contribution in [3.05, 3.63) is 0 Å². The van der Waals surface area contributed by atoms with E-state index in [9.17, 15) is 14.4 Å². The van der Waals surface area contributed by atoms with E-state index in [4.69, 9.17) is 14.2 Å². The van der Waals surface area contributed by atoms with Crippen molar-refractivity contribution < 1.29 is 28.6 Å². The minimum atomic E-state index is -0.762. The Morgan fingerprint density at radius 3 is 0.754 bits per heavy atom. The predicted molar refractivity (Wildman–Crippen MR) is 280 cm³/mol. The van der Waals surface area contributed by atoms with Gasteiger partial charge in [0.05, 0.1) is 0 Å². The zero-order chi connectivity index (χ0) is 47.4. The molecule has 0 aromatic rings. The molecule has 0 aromatic heterocycles. The zero-order valence-corrected chi connectivity index (χ0v) is 44.5. The molecule has 386 valence electrons. The maximum absolute atomic E-state index is 12.9. The van der Waals surface area contributed by atoms with E-state index < -0.39 is 6.10 Å². The summed E-state index contributed by atoms with van der Waals surface area (Å²) in [4.78, 5) is 38.1. The number of unbranched alkanes of at least 4 members (excludes halogenated alkanes) is 41. The van der Waals surface area contributed by atoms with Crippen LogP contribution < -0.4 is 0 Å². The van der Waals surface area contributed by atoms with Crippen LogP contribution in [0.5, 0.6) is 0 Å². The molecule has 6 heteroatoms. The van der Waals surface area contributed by atoms with Crippen LogP contribution in [0.3, 0.4) is 0 Å². The van der Waals surface area contributed by atoms with Crippen molar-refractivity contribution >= 4 is 17.9 Å². The molecule has 0 aliphatic heterocycles. The van der Waals surface area contributed by atoms with Crippen LogP contribution in [0.15, 0.2) is 0 Å². The maximum atomic E-state index is 12.9. The SMILES string of the molecule is CCCCCCCCCCCCCCCCCCCCCC(=O)O[C@@H](COC(=O)CCCCCCCCCCCCCCCCCCC)COC(=O)CCCCCCCCCCC(C)C. The number of esters is 3. The summed E-state index contributed by atoms with van der Waals surface area (Å²) in [6, 6.07) is 0. The maximum Gasteiger partial charge on any atom is 0.306 e. The molecule has 0 N–H and O–H groups in total. The van der Waals surface area contributed by atoms with Gasteiger partial charge in [-0.3, -0.25) is 14.4 Å². The number of carbonyl (C=O) groups is 3. The van der Waals surface area contributed by atoms with E-state index >= 15 is 0 Å². The van der Waals surface area contributed by atoms with Gasteiger partial charge in [0.2, 0.25) is 0 Å². The Morgan fingerprint density at radius 1 is 0.292 bits per heavy atom. The highest BCUT2D eigenvalue weighted by molar-refractivity contribution is 5.71. The molecule has 0 amide bonds. The van der Waals surface area contributed by atoms with Crippen LogP contribution in [0.2, 0.25) is 0 Å². The van der Waals surface area contributed by atoms with Crippen LogP contribution in [0.1, 0.15) is 336 Å². The molecular formula is C59H114O6. The smallest absolute Gasteiger partial charge is 0.306 e. The largest absolute Gasteiger partial charge is 0.462 e. The van der Waals surface area contributed by atoms with Crippen LogP contribution in [0.25, 0.3) is 0 Å². The monoisotopic (exact) mass is 919 g/mol. The molecule has 0 unspecified atom stereocenters. The molecule has 1 atom stereocenters. The van der Waals surface area contributed by atoms with Crippen molar-refractivity contribution in [3.8, 4) is 0 Å². The number of carbonyl (C=O) groups excluding carboxylic acids is 3. The van der Waals surface area contributed by atoms with Crippen molar-refractivity contribution in [2.75, 3.05) is 13.2 Å². The van der Waals surface area contributed by atoms with Crippen LogP contribution in [-0.4, -0.2) is 37.2 Å². The van der Waals surface area contributed by atoms with Crippen molar-refractivity contribution in [1.82, 2.24) is 0 Å². The predicted octanol–water partition coefficient (Wildman–Crippen LogP) is 19.4. The molecule has 0 aromatic carbocycles. The average Bonchev–Trinajstić information content (AvgIpc) is 3.29. The molecule has 0 saturated heterocycles. The van der Waals surface area contributed by atoms with Gasteiger partial charge in [-0.1, -0.05) is 297 Å². The highest BCUT2D eigenvalue weighted by Gasteiger charge is 2.19. The summed E-state index contributed by atoms with van der Waals surface area (Å²) in [5.74, 6) is -0.0412. The van der Waals surface area contributed by atoms with Crippen LogP contribution in [0.4, 0.5) is 0 Å². The lowest BCUT2D eigenvalue weighted by molar-refractivity contribution is -0.167. The second kappa shape index (κ2) is 53.4. The molecule has 0 spiro atoms. The lowest BCUT2D eigenvalue weighted by Gasteiger charge is -2.18. The summed E-state index contributed by atoms with van der Waals surface area (Å²) in [5.41, 5.74) is 0. The van der Waals surface area contributed by atoms with Crippen molar-refractivity contribution in [2.45, 2.75) is 342 Å². The van der Waals surface area contributed by atoms with E-state index in [0.717, 1.165) is 63.7 Å². The molecule has 6 nitrogen and oxygen atoms in total. The summed E-state index contributed by atoms with van der Waals surface area (Å²) in [7, 11) is 0. The van der Waals surface area contributed by atoms with Crippen molar-refractivity contribution in [1.29, 1.82) is 0 Å². The van der Waals surface area contributed by atoms with E-state index in [1.807, 2.05) is 0 Å². The summed E-state index contributed by atoms with van der Waals surface area (Å²) in [6.45, 7) is 9.03. The van der Waals surface area contributed by atoms with E-state index in [-0.39, 0.29) is 31.1 Å². The van der Waals surface area contributed by atoms with Crippen molar-refractivity contribution in [3.63, 3.8) is 0 Å². The van der Waals surface area contributed by atoms with Gasteiger partial charge in [0.1, 0.15) is 13.2 Å². The van der Waals surface area contributed by atoms with Gasteiger partial charge in [-0.15, -0.1) is 0 Å². The van der Waals surface area contributed by atoms with Crippen LogP contribution >= 0.6 is 0 Å². The Kier molecular flexibility index (Phi) is 52.1. The quantitative estimate of drug-likeness (QED) is 0.0344. The highest BCUT2D eigenvalue weighted by atomic mass is 16.6. The Morgan fingerprint density at radius 2 is 0.508 bits per heavy atom. The highest BCUT2D eigenvalue weighted by Crippen LogP contribution is 2.18. The standard InChI is InChI=1S/C59H114O6/c1-5-7-9-11-13-15-17-19-21-23-24-26-28-30-32-34-40-44-48-52-59(62)65-56(54-64-58(61)51-47-43-39-36-35-37-41-45-49-55(3)4)53-63-57(60)50-46-42-38-33-31-29-27-25-22-20-18-16-14-12-10-8-6-2/h55-56H,5-54H2,1-4H3/t56-/m0/s1. The van der Waals surface area contributed by atoms with Gasteiger partial charge < -0.3 is 14.2 Å². The molecule has 0 saturated carbocycles. The van der Waals surface area contributed by atoms with Gasteiger partial charge in [0.25, 0.3) is 0 Å². The zero-order valence-electron chi connectivity index (χ0n) is 44.5. The fourth-order valence-electron chi connectivity index (χ4n) is 9.10. The van der Waals surface area contributed by atoms with Crippen LogP contribution in [-0.2, 0) is 28.6 Å². The minimum Gasteiger partial charge on any atom is -0.462 e. The third-order valence-electron chi connectivity index (χ3n) is 13.5. The Bertz CT molecular complexity index is 980. The van der Waals surface area contributed by atoms with Gasteiger partial charge in [-0.05, 0) is 25.2 Å². The Hall–Kier alpha value is -1.59. The lowest BCUT2D eigenvalue weighted by atomic mass is 10.0. The molecule has 0 radical (unpaired) electrons. The van der Waals surface area contributed by atoms with Gasteiger partial charge in [-0.2, -0.15) is 0 Å². The molecule has 0 bridgehead atoms. The molecule has 65 heavy (non-hydrogen) atoms. The Balaban J connectivity index is 4.25. The average molecular weight is 920 g/mol. The van der Waals surface area contributed by atoms with Crippen molar-refractivity contribution in [2.24, 2.45) is 5.92 Å². The molecule has 0 rings (SSSR count).